The Morgan fingerprint density at radius 3 is 2.50 bits per heavy atom. The van der Waals surface area contributed by atoms with Crippen LogP contribution in [0.4, 0.5) is 10.1 Å². The van der Waals surface area contributed by atoms with E-state index in [1.54, 1.807) is 0 Å². The molecule has 20 heavy (non-hydrogen) atoms. The topological polar surface area (TPSA) is 72.2 Å². The van der Waals surface area contributed by atoms with Crippen LogP contribution in [0.25, 0.3) is 0 Å². The first kappa shape index (κ1) is 15.6. The molecule has 4 nitrogen and oxygen atoms in total. The van der Waals surface area contributed by atoms with Crippen molar-refractivity contribution in [2.24, 2.45) is 0 Å². The zero-order valence-electron chi connectivity index (χ0n) is 11.3. The standard InChI is InChI=1S/C13H19FN2O2S2/c1-19-10-7-5-9(6-8-10)16-20(17,18)13-11(14)3-2-4-12(13)15/h2-4,9-10,16H,5-8,15H2,1H3. The summed E-state index contributed by atoms with van der Waals surface area (Å²) < 4.78 is 40.8. The van der Waals surface area contributed by atoms with Gasteiger partial charge in [-0.1, -0.05) is 6.07 Å². The van der Waals surface area contributed by atoms with Crippen molar-refractivity contribution >= 4 is 27.5 Å². The number of nitrogen functional groups attached to an aromatic ring is 1. The second kappa shape index (κ2) is 6.32. The third-order valence-corrected chi connectivity index (χ3v) is 6.35. The van der Waals surface area contributed by atoms with Gasteiger partial charge in [0, 0.05) is 11.3 Å². The van der Waals surface area contributed by atoms with Gasteiger partial charge in [0.1, 0.15) is 10.7 Å². The third-order valence-electron chi connectivity index (χ3n) is 3.60. The Balaban J connectivity index is 2.12. The first-order chi connectivity index (χ1) is 9.44. The largest absolute Gasteiger partial charge is 0.398 e. The van der Waals surface area contributed by atoms with E-state index in [0.29, 0.717) is 5.25 Å². The first-order valence-corrected chi connectivity index (χ1v) is 9.30. The molecule has 0 radical (unpaired) electrons. The summed E-state index contributed by atoms with van der Waals surface area (Å²) in [5, 5.41) is 0.592. The lowest BCUT2D eigenvalue weighted by molar-refractivity contribution is 0.419. The lowest BCUT2D eigenvalue weighted by atomic mass is 9.96. The summed E-state index contributed by atoms with van der Waals surface area (Å²) in [5.74, 6) is -0.810. The van der Waals surface area contributed by atoms with Crippen molar-refractivity contribution in [2.75, 3.05) is 12.0 Å². The summed E-state index contributed by atoms with van der Waals surface area (Å²) in [6.07, 6.45) is 5.57. The molecule has 0 aromatic heterocycles. The number of anilines is 1. The molecular formula is C13H19FN2O2S2. The Labute approximate surface area is 123 Å². The molecule has 7 heteroatoms. The van der Waals surface area contributed by atoms with Gasteiger partial charge in [-0.3, -0.25) is 0 Å². The number of thioether (sulfide) groups is 1. The second-order valence-corrected chi connectivity index (χ2v) is 7.78. The van der Waals surface area contributed by atoms with Crippen molar-refractivity contribution in [3.63, 3.8) is 0 Å². The summed E-state index contributed by atoms with van der Waals surface area (Å²) in [6, 6.07) is 3.76. The van der Waals surface area contributed by atoms with Crippen LogP contribution in [0, 0.1) is 5.82 Å². The number of benzene rings is 1. The van der Waals surface area contributed by atoms with Crippen molar-refractivity contribution in [1.29, 1.82) is 0 Å². The molecule has 2 rings (SSSR count). The molecular weight excluding hydrogens is 299 g/mol. The number of halogens is 1. The van der Waals surface area contributed by atoms with Gasteiger partial charge in [-0.15, -0.1) is 0 Å². The maximum atomic E-state index is 13.7. The van der Waals surface area contributed by atoms with Crippen LogP contribution in [0.15, 0.2) is 23.1 Å². The van der Waals surface area contributed by atoms with E-state index >= 15 is 0 Å². The molecule has 3 N–H and O–H groups in total. The molecule has 0 bridgehead atoms. The Bertz CT molecular complexity index is 549. The molecule has 0 unspecified atom stereocenters. The lowest BCUT2D eigenvalue weighted by Gasteiger charge is -2.28. The smallest absolute Gasteiger partial charge is 0.245 e. The molecule has 1 aliphatic rings. The van der Waals surface area contributed by atoms with Crippen LogP contribution in [-0.2, 0) is 10.0 Å². The lowest BCUT2D eigenvalue weighted by Crippen LogP contribution is -2.38. The summed E-state index contributed by atoms with van der Waals surface area (Å²) in [7, 11) is -3.90. The van der Waals surface area contributed by atoms with E-state index < -0.39 is 20.7 Å². The van der Waals surface area contributed by atoms with E-state index in [-0.39, 0.29) is 11.7 Å². The molecule has 1 aromatic rings. The monoisotopic (exact) mass is 318 g/mol. The van der Waals surface area contributed by atoms with Gasteiger partial charge in [-0.2, -0.15) is 11.8 Å². The van der Waals surface area contributed by atoms with E-state index in [1.807, 2.05) is 11.8 Å². The SMILES string of the molecule is CSC1CCC(NS(=O)(=O)c2c(N)cccc2F)CC1. The zero-order chi connectivity index (χ0) is 14.8. The summed E-state index contributed by atoms with van der Waals surface area (Å²) in [4.78, 5) is -0.438. The number of nitrogens with two attached hydrogens (primary N) is 1. The molecule has 1 aliphatic carbocycles. The van der Waals surface area contributed by atoms with Crippen LogP contribution in [0.1, 0.15) is 25.7 Å². The van der Waals surface area contributed by atoms with Crippen molar-refractivity contribution in [1.82, 2.24) is 4.72 Å². The van der Waals surface area contributed by atoms with Crippen LogP contribution in [-0.4, -0.2) is 26.0 Å². The van der Waals surface area contributed by atoms with Gasteiger partial charge in [-0.25, -0.2) is 17.5 Å². The fourth-order valence-electron chi connectivity index (χ4n) is 2.50. The summed E-state index contributed by atoms with van der Waals surface area (Å²) in [5.41, 5.74) is 5.53. The van der Waals surface area contributed by atoms with Crippen LogP contribution in [0.3, 0.4) is 0 Å². The molecule has 0 heterocycles. The number of nitrogens with one attached hydrogen (secondary N) is 1. The minimum atomic E-state index is -3.90. The predicted octanol–water partition coefficient (Wildman–Crippen LogP) is 2.36. The highest BCUT2D eigenvalue weighted by molar-refractivity contribution is 7.99. The van der Waals surface area contributed by atoms with Crippen LogP contribution in [0.2, 0.25) is 0 Å². The van der Waals surface area contributed by atoms with E-state index in [4.69, 9.17) is 5.73 Å². The normalized spacial score (nSPS) is 23.7. The summed E-state index contributed by atoms with van der Waals surface area (Å²) >= 11 is 1.81. The van der Waals surface area contributed by atoms with Gasteiger partial charge in [0.05, 0.1) is 5.69 Å². The summed E-state index contributed by atoms with van der Waals surface area (Å²) in [6.45, 7) is 0. The number of hydrogen-bond donors (Lipinski definition) is 2. The quantitative estimate of drug-likeness (QED) is 0.836. The van der Waals surface area contributed by atoms with Crippen LogP contribution >= 0.6 is 11.8 Å². The maximum Gasteiger partial charge on any atom is 0.245 e. The Morgan fingerprint density at radius 1 is 1.30 bits per heavy atom. The molecule has 112 valence electrons. The molecule has 1 saturated carbocycles. The van der Waals surface area contributed by atoms with Gasteiger partial charge in [0.2, 0.25) is 10.0 Å². The maximum absolute atomic E-state index is 13.7. The minimum absolute atomic E-state index is 0.0599. The van der Waals surface area contributed by atoms with Crippen molar-refractivity contribution in [3.8, 4) is 0 Å². The molecule has 0 amide bonds. The molecule has 0 spiro atoms. The van der Waals surface area contributed by atoms with E-state index in [9.17, 15) is 12.8 Å². The van der Waals surface area contributed by atoms with Crippen LogP contribution < -0.4 is 10.5 Å². The van der Waals surface area contributed by atoms with Gasteiger partial charge in [0.25, 0.3) is 0 Å². The van der Waals surface area contributed by atoms with Crippen molar-refractivity contribution < 1.29 is 12.8 Å². The van der Waals surface area contributed by atoms with Crippen molar-refractivity contribution in [3.05, 3.63) is 24.0 Å². The zero-order valence-corrected chi connectivity index (χ0v) is 12.9. The van der Waals surface area contributed by atoms with Crippen LogP contribution in [0.5, 0.6) is 0 Å². The van der Waals surface area contributed by atoms with Gasteiger partial charge in [0.15, 0.2) is 0 Å². The average Bonchev–Trinajstić information content (AvgIpc) is 2.38. The predicted molar refractivity (Wildman–Crippen MR) is 80.7 cm³/mol. The average molecular weight is 318 g/mol. The number of sulfonamides is 1. The minimum Gasteiger partial charge on any atom is -0.398 e. The fraction of sp³-hybridized carbons (Fsp3) is 0.538. The Kier molecular flexibility index (Phi) is 4.93. The first-order valence-electron chi connectivity index (χ1n) is 6.53. The highest BCUT2D eigenvalue weighted by Crippen LogP contribution is 2.29. The van der Waals surface area contributed by atoms with E-state index in [2.05, 4.69) is 11.0 Å². The highest BCUT2D eigenvalue weighted by atomic mass is 32.2. The second-order valence-electron chi connectivity index (χ2n) is 4.99. The Hall–Kier alpha value is -0.790. The molecule has 0 atom stereocenters. The van der Waals surface area contributed by atoms with Crippen molar-refractivity contribution in [2.45, 2.75) is 41.9 Å². The molecule has 1 fully saturated rings. The highest BCUT2D eigenvalue weighted by Gasteiger charge is 2.28. The van der Waals surface area contributed by atoms with Gasteiger partial charge in [-0.05, 0) is 44.1 Å². The fourth-order valence-corrected chi connectivity index (χ4v) is 4.74. The van der Waals surface area contributed by atoms with Gasteiger partial charge < -0.3 is 5.73 Å². The number of rotatable bonds is 4. The Morgan fingerprint density at radius 2 is 1.95 bits per heavy atom. The molecule has 0 saturated heterocycles. The number of hydrogen-bond acceptors (Lipinski definition) is 4. The van der Waals surface area contributed by atoms with Gasteiger partial charge >= 0.3 is 0 Å². The van der Waals surface area contributed by atoms with E-state index in [1.165, 1.54) is 12.1 Å². The molecule has 0 aliphatic heterocycles. The third kappa shape index (κ3) is 3.45. The van der Waals surface area contributed by atoms with E-state index in [0.717, 1.165) is 31.7 Å². The molecule has 1 aromatic carbocycles.